The van der Waals surface area contributed by atoms with Crippen LogP contribution >= 0.6 is 0 Å². The van der Waals surface area contributed by atoms with E-state index in [2.05, 4.69) is 0 Å². The Morgan fingerprint density at radius 2 is 1.60 bits per heavy atom. The van der Waals surface area contributed by atoms with Gasteiger partial charge in [-0.1, -0.05) is 0 Å². The zero-order chi connectivity index (χ0) is 14.5. The second-order valence-corrected chi connectivity index (χ2v) is 5.06. The molecule has 0 heterocycles. The minimum absolute atomic E-state index is 0.120. The standard InChI is InChI=1S/C15H17NO4/c16-14(18)11-3-5-12(6-4-11)15(19)20-13-7-1-10(9-17)2-8-13/h1-2,7-9,11-12H,3-6H2,(H2,16,18). The van der Waals surface area contributed by atoms with Crippen LogP contribution in [0.1, 0.15) is 36.0 Å². The van der Waals surface area contributed by atoms with E-state index < -0.39 is 0 Å². The van der Waals surface area contributed by atoms with E-state index >= 15 is 0 Å². The van der Waals surface area contributed by atoms with Gasteiger partial charge in [0, 0.05) is 11.5 Å². The smallest absolute Gasteiger partial charge is 0.314 e. The Morgan fingerprint density at radius 1 is 1.05 bits per heavy atom. The van der Waals surface area contributed by atoms with Crippen LogP contribution in [0.4, 0.5) is 0 Å². The van der Waals surface area contributed by atoms with Gasteiger partial charge in [0.1, 0.15) is 12.0 Å². The molecule has 0 atom stereocenters. The van der Waals surface area contributed by atoms with Gasteiger partial charge in [0.15, 0.2) is 0 Å². The molecule has 1 saturated carbocycles. The van der Waals surface area contributed by atoms with Crippen molar-refractivity contribution < 1.29 is 19.1 Å². The second kappa shape index (κ2) is 6.32. The maximum absolute atomic E-state index is 12.0. The molecule has 106 valence electrons. The van der Waals surface area contributed by atoms with Crippen molar-refractivity contribution >= 4 is 18.2 Å². The zero-order valence-electron chi connectivity index (χ0n) is 11.1. The first-order valence-corrected chi connectivity index (χ1v) is 6.66. The number of primary amides is 1. The summed E-state index contributed by atoms with van der Waals surface area (Å²) in [5.74, 6) is -0.451. The fourth-order valence-electron chi connectivity index (χ4n) is 2.43. The summed E-state index contributed by atoms with van der Waals surface area (Å²) in [5.41, 5.74) is 5.79. The number of amides is 1. The van der Waals surface area contributed by atoms with Gasteiger partial charge < -0.3 is 10.5 Å². The largest absolute Gasteiger partial charge is 0.426 e. The monoisotopic (exact) mass is 275 g/mol. The lowest BCUT2D eigenvalue weighted by atomic mass is 9.82. The molecule has 5 heteroatoms. The first kappa shape index (κ1) is 14.2. The number of ether oxygens (including phenoxy) is 1. The van der Waals surface area contributed by atoms with E-state index in [-0.39, 0.29) is 23.7 Å². The molecule has 20 heavy (non-hydrogen) atoms. The van der Waals surface area contributed by atoms with Gasteiger partial charge in [-0.3, -0.25) is 14.4 Å². The van der Waals surface area contributed by atoms with Gasteiger partial charge in [0.2, 0.25) is 5.91 Å². The van der Waals surface area contributed by atoms with Crippen molar-refractivity contribution in [2.45, 2.75) is 25.7 Å². The summed E-state index contributed by atoms with van der Waals surface area (Å²) in [6, 6.07) is 6.38. The molecule has 0 spiro atoms. The molecule has 2 N–H and O–H groups in total. The second-order valence-electron chi connectivity index (χ2n) is 5.06. The Hall–Kier alpha value is -2.17. The fraction of sp³-hybridized carbons (Fsp3) is 0.400. The highest BCUT2D eigenvalue weighted by molar-refractivity contribution is 5.79. The van der Waals surface area contributed by atoms with E-state index in [1.165, 1.54) is 0 Å². The minimum atomic E-state index is -0.290. The lowest BCUT2D eigenvalue weighted by molar-refractivity contribution is -0.141. The number of hydrogen-bond donors (Lipinski definition) is 1. The first-order chi connectivity index (χ1) is 9.60. The molecule has 1 aliphatic rings. The summed E-state index contributed by atoms with van der Waals surface area (Å²) in [6.07, 6.45) is 3.26. The first-order valence-electron chi connectivity index (χ1n) is 6.66. The number of hydrogen-bond acceptors (Lipinski definition) is 4. The van der Waals surface area contributed by atoms with Gasteiger partial charge in [-0.15, -0.1) is 0 Å². The average Bonchev–Trinajstić information content (AvgIpc) is 2.48. The van der Waals surface area contributed by atoms with Gasteiger partial charge in [-0.2, -0.15) is 0 Å². The molecule has 0 aliphatic heterocycles. The summed E-state index contributed by atoms with van der Waals surface area (Å²) in [7, 11) is 0. The van der Waals surface area contributed by atoms with Gasteiger partial charge >= 0.3 is 5.97 Å². The highest BCUT2D eigenvalue weighted by Crippen LogP contribution is 2.29. The van der Waals surface area contributed by atoms with E-state index in [1.807, 2.05) is 0 Å². The third-order valence-electron chi connectivity index (χ3n) is 3.70. The third-order valence-corrected chi connectivity index (χ3v) is 3.70. The number of esters is 1. The predicted molar refractivity (Wildman–Crippen MR) is 72.1 cm³/mol. The highest BCUT2D eigenvalue weighted by Gasteiger charge is 2.29. The van der Waals surface area contributed by atoms with Crippen molar-refractivity contribution in [1.82, 2.24) is 0 Å². The van der Waals surface area contributed by atoms with Gasteiger partial charge in [0.25, 0.3) is 0 Å². The van der Waals surface area contributed by atoms with Crippen LogP contribution in [0.25, 0.3) is 0 Å². The zero-order valence-corrected chi connectivity index (χ0v) is 11.1. The van der Waals surface area contributed by atoms with Crippen LogP contribution in [0.2, 0.25) is 0 Å². The molecule has 1 amide bonds. The van der Waals surface area contributed by atoms with Crippen LogP contribution in [0.3, 0.4) is 0 Å². The number of nitrogens with two attached hydrogens (primary N) is 1. The van der Waals surface area contributed by atoms with Crippen molar-refractivity contribution in [3.63, 3.8) is 0 Å². The molecule has 0 aromatic heterocycles. The normalized spacial score (nSPS) is 22.0. The Morgan fingerprint density at radius 3 is 2.10 bits per heavy atom. The number of carbonyl (C=O) groups excluding carboxylic acids is 3. The van der Waals surface area contributed by atoms with Gasteiger partial charge in [-0.25, -0.2) is 0 Å². The Bertz CT molecular complexity index is 501. The fourth-order valence-corrected chi connectivity index (χ4v) is 2.43. The van der Waals surface area contributed by atoms with Crippen molar-refractivity contribution in [3.8, 4) is 5.75 Å². The molecule has 0 saturated heterocycles. The van der Waals surface area contributed by atoms with Crippen LogP contribution in [0.15, 0.2) is 24.3 Å². The molecular weight excluding hydrogens is 258 g/mol. The lowest BCUT2D eigenvalue weighted by Crippen LogP contribution is -2.31. The predicted octanol–water partition coefficient (Wildman–Crippen LogP) is 1.70. The maximum Gasteiger partial charge on any atom is 0.314 e. The molecular formula is C15H17NO4. The molecule has 0 unspecified atom stereocenters. The molecule has 1 aromatic rings. The van der Waals surface area contributed by atoms with E-state index in [4.69, 9.17) is 10.5 Å². The van der Waals surface area contributed by atoms with Crippen LogP contribution in [-0.2, 0) is 9.59 Å². The SMILES string of the molecule is NC(=O)C1CCC(C(=O)Oc2ccc(C=O)cc2)CC1. The number of aldehydes is 1. The van der Waals surface area contributed by atoms with E-state index in [0.29, 0.717) is 37.0 Å². The average molecular weight is 275 g/mol. The highest BCUT2D eigenvalue weighted by atomic mass is 16.5. The van der Waals surface area contributed by atoms with E-state index in [9.17, 15) is 14.4 Å². The summed E-state index contributed by atoms with van der Waals surface area (Å²) >= 11 is 0. The summed E-state index contributed by atoms with van der Waals surface area (Å²) in [4.78, 5) is 33.6. The topological polar surface area (TPSA) is 86.5 Å². The molecule has 2 rings (SSSR count). The summed E-state index contributed by atoms with van der Waals surface area (Å²) in [6.45, 7) is 0. The van der Waals surface area contributed by atoms with Gasteiger partial charge in [-0.05, 0) is 49.9 Å². The number of carbonyl (C=O) groups is 3. The molecule has 5 nitrogen and oxygen atoms in total. The third kappa shape index (κ3) is 3.44. The molecule has 1 aromatic carbocycles. The van der Waals surface area contributed by atoms with E-state index in [1.54, 1.807) is 24.3 Å². The van der Waals surface area contributed by atoms with Crippen molar-refractivity contribution in [2.75, 3.05) is 0 Å². The van der Waals surface area contributed by atoms with Crippen LogP contribution in [-0.4, -0.2) is 18.2 Å². The molecule has 1 fully saturated rings. The summed E-state index contributed by atoms with van der Waals surface area (Å²) < 4.78 is 5.28. The molecule has 0 radical (unpaired) electrons. The van der Waals surface area contributed by atoms with Crippen LogP contribution in [0, 0.1) is 11.8 Å². The maximum atomic E-state index is 12.0. The van der Waals surface area contributed by atoms with Crippen molar-refractivity contribution in [2.24, 2.45) is 17.6 Å². The van der Waals surface area contributed by atoms with Gasteiger partial charge in [0.05, 0.1) is 5.92 Å². The molecule has 1 aliphatic carbocycles. The lowest BCUT2D eigenvalue weighted by Gasteiger charge is -2.25. The van der Waals surface area contributed by atoms with E-state index in [0.717, 1.165) is 6.29 Å². The van der Waals surface area contributed by atoms with Crippen LogP contribution < -0.4 is 10.5 Å². The molecule has 0 bridgehead atoms. The quantitative estimate of drug-likeness (QED) is 0.514. The Balaban J connectivity index is 1.89. The van der Waals surface area contributed by atoms with Crippen molar-refractivity contribution in [3.05, 3.63) is 29.8 Å². The summed E-state index contributed by atoms with van der Waals surface area (Å²) in [5, 5.41) is 0. The Labute approximate surface area is 117 Å². The van der Waals surface area contributed by atoms with Crippen molar-refractivity contribution in [1.29, 1.82) is 0 Å². The number of benzene rings is 1. The number of rotatable bonds is 4. The Kier molecular flexibility index (Phi) is 4.50. The minimum Gasteiger partial charge on any atom is -0.426 e. The van der Waals surface area contributed by atoms with Crippen LogP contribution in [0.5, 0.6) is 5.75 Å².